The van der Waals surface area contributed by atoms with Crippen molar-refractivity contribution in [1.29, 1.82) is 0 Å². The second-order valence-electron chi connectivity index (χ2n) is 7.08. The molecule has 138 valence electrons. The monoisotopic (exact) mass is 364 g/mol. The van der Waals surface area contributed by atoms with Crippen LogP contribution < -0.4 is 10.5 Å². The van der Waals surface area contributed by atoms with Crippen LogP contribution in [-0.4, -0.2) is 28.5 Å². The molecule has 0 radical (unpaired) electrons. The number of carbonyl (C=O) groups is 1. The highest BCUT2D eigenvalue weighted by Gasteiger charge is 2.36. The van der Waals surface area contributed by atoms with Gasteiger partial charge in [-0.15, -0.1) is 0 Å². The summed E-state index contributed by atoms with van der Waals surface area (Å²) in [6.07, 6.45) is 2.42. The Morgan fingerprint density at radius 3 is 2.81 bits per heavy atom. The van der Waals surface area contributed by atoms with Gasteiger partial charge in [-0.25, -0.2) is 9.78 Å². The van der Waals surface area contributed by atoms with Gasteiger partial charge in [0.05, 0.1) is 7.11 Å². The number of quaternary nitrogens is 1. The van der Waals surface area contributed by atoms with Crippen LogP contribution >= 0.6 is 0 Å². The summed E-state index contributed by atoms with van der Waals surface area (Å²) in [6, 6.07) is 13.2. The zero-order valence-corrected chi connectivity index (χ0v) is 15.4. The molecule has 0 amide bonds. The molecule has 1 aliphatic heterocycles. The summed E-state index contributed by atoms with van der Waals surface area (Å²) in [4.78, 5) is 30.5. The van der Waals surface area contributed by atoms with E-state index in [2.05, 4.69) is 17.1 Å². The van der Waals surface area contributed by atoms with Crippen LogP contribution in [0.4, 0.5) is 0 Å². The molecule has 0 saturated carbocycles. The SMILES string of the molecule is COC(=O)[C@@H]1Cc2ccccc2C[NH+]1Cc1cc(=O)n2cc(C)ccc2n1. The first-order valence-corrected chi connectivity index (χ1v) is 9.03. The van der Waals surface area contributed by atoms with Gasteiger partial charge >= 0.3 is 5.97 Å². The molecule has 1 aromatic carbocycles. The third kappa shape index (κ3) is 3.36. The second-order valence-corrected chi connectivity index (χ2v) is 7.08. The molecule has 27 heavy (non-hydrogen) atoms. The highest BCUT2D eigenvalue weighted by Crippen LogP contribution is 2.15. The van der Waals surface area contributed by atoms with Crippen LogP contribution in [0, 0.1) is 6.92 Å². The molecule has 0 fully saturated rings. The number of methoxy groups -OCH3 is 1. The van der Waals surface area contributed by atoms with Crippen molar-refractivity contribution in [2.24, 2.45) is 0 Å². The van der Waals surface area contributed by atoms with E-state index in [1.807, 2.05) is 31.2 Å². The van der Waals surface area contributed by atoms with Crippen LogP contribution in [0.5, 0.6) is 0 Å². The number of carbonyl (C=O) groups excluding carboxylic acids is 1. The molecule has 0 aliphatic carbocycles. The van der Waals surface area contributed by atoms with Crippen molar-refractivity contribution in [3.05, 3.63) is 81.4 Å². The van der Waals surface area contributed by atoms with E-state index in [0.717, 1.165) is 10.5 Å². The molecule has 3 aromatic rings. The van der Waals surface area contributed by atoms with Crippen molar-refractivity contribution >= 4 is 11.6 Å². The first-order chi connectivity index (χ1) is 13.0. The van der Waals surface area contributed by atoms with E-state index >= 15 is 0 Å². The summed E-state index contributed by atoms with van der Waals surface area (Å²) in [6.45, 7) is 3.13. The molecule has 0 saturated heterocycles. The molecule has 6 heteroatoms. The van der Waals surface area contributed by atoms with E-state index in [1.54, 1.807) is 16.7 Å². The molecule has 6 nitrogen and oxygen atoms in total. The van der Waals surface area contributed by atoms with Gasteiger partial charge < -0.3 is 9.64 Å². The number of aromatic nitrogens is 2. The average molecular weight is 364 g/mol. The fourth-order valence-corrected chi connectivity index (χ4v) is 3.82. The number of benzene rings is 1. The van der Waals surface area contributed by atoms with E-state index in [0.29, 0.717) is 30.9 Å². The van der Waals surface area contributed by atoms with Gasteiger partial charge in [0.2, 0.25) is 0 Å². The fourth-order valence-electron chi connectivity index (χ4n) is 3.82. The molecule has 1 N–H and O–H groups in total. The normalized spacial score (nSPS) is 18.9. The summed E-state index contributed by atoms with van der Waals surface area (Å²) in [5, 5.41) is 0. The molecule has 0 spiro atoms. The van der Waals surface area contributed by atoms with Gasteiger partial charge in [-0.05, 0) is 24.1 Å². The van der Waals surface area contributed by atoms with E-state index in [-0.39, 0.29) is 17.6 Å². The molecule has 2 aromatic heterocycles. The number of hydrogen-bond donors (Lipinski definition) is 1. The van der Waals surface area contributed by atoms with E-state index in [4.69, 9.17) is 4.74 Å². The van der Waals surface area contributed by atoms with Crippen LogP contribution in [0.15, 0.2) is 53.5 Å². The minimum Gasteiger partial charge on any atom is -0.465 e. The maximum Gasteiger partial charge on any atom is 0.365 e. The summed E-state index contributed by atoms with van der Waals surface area (Å²) < 4.78 is 6.59. The molecule has 4 rings (SSSR count). The quantitative estimate of drug-likeness (QED) is 0.695. The lowest BCUT2D eigenvalue weighted by Crippen LogP contribution is -3.15. The zero-order valence-electron chi connectivity index (χ0n) is 15.4. The van der Waals surface area contributed by atoms with Crippen LogP contribution in [0.1, 0.15) is 22.4 Å². The highest BCUT2D eigenvalue weighted by atomic mass is 16.5. The number of rotatable bonds is 3. The summed E-state index contributed by atoms with van der Waals surface area (Å²) >= 11 is 0. The highest BCUT2D eigenvalue weighted by molar-refractivity contribution is 5.74. The lowest BCUT2D eigenvalue weighted by atomic mass is 9.94. The molecular weight excluding hydrogens is 342 g/mol. The number of ether oxygens (including phenoxy) is 1. The van der Waals surface area contributed by atoms with Crippen molar-refractivity contribution in [2.45, 2.75) is 32.5 Å². The maximum atomic E-state index is 12.5. The number of aryl methyl sites for hydroxylation is 1. The Kier molecular flexibility index (Phi) is 4.49. The Morgan fingerprint density at radius 1 is 1.26 bits per heavy atom. The minimum absolute atomic E-state index is 0.106. The third-order valence-electron chi connectivity index (χ3n) is 5.21. The van der Waals surface area contributed by atoms with Gasteiger partial charge in [0.15, 0.2) is 6.04 Å². The lowest BCUT2D eigenvalue weighted by Gasteiger charge is -2.31. The van der Waals surface area contributed by atoms with Crippen molar-refractivity contribution in [3.63, 3.8) is 0 Å². The van der Waals surface area contributed by atoms with Gasteiger partial charge in [-0.1, -0.05) is 30.3 Å². The van der Waals surface area contributed by atoms with Gasteiger partial charge in [0.1, 0.15) is 24.4 Å². The number of nitrogens with zero attached hydrogens (tertiary/aromatic N) is 2. The van der Waals surface area contributed by atoms with Gasteiger partial charge in [0, 0.05) is 24.2 Å². The fraction of sp³-hybridized carbons (Fsp3) is 0.286. The van der Waals surface area contributed by atoms with Crippen molar-refractivity contribution in [1.82, 2.24) is 9.38 Å². The number of fused-ring (bicyclic) bond motifs is 2. The first kappa shape index (κ1) is 17.4. The molecular formula is C21H22N3O3+. The van der Waals surface area contributed by atoms with E-state index < -0.39 is 0 Å². The molecule has 3 heterocycles. The summed E-state index contributed by atoms with van der Waals surface area (Å²) in [5.74, 6) is -0.229. The van der Waals surface area contributed by atoms with Crippen LogP contribution in [-0.2, 0) is 29.0 Å². The van der Waals surface area contributed by atoms with E-state index in [1.165, 1.54) is 18.2 Å². The number of esters is 1. The third-order valence-corrected chi connectivity index (χ3v) is 5.21. The topological polar surface area (TPSA) is 65.1 Å². The number of hydrogen-bond acceptors (Lipinski definition) is 4. The smallest absolute Gasteiger partial charge is 0.365 e. The van der Waals surface area contributed by atoms with Crippen molar-refractivity contribution in [3.8, 4) is 0 Å². The van der Waals surface area contributed by atoms with Gasteiger partial charge in [0.25, 0.3) is 5.56 Å². The predicted octanol–water partition coefficient (Wildman–Crippen LogP) is 0.686. The van der Waals surface area contributed by atoms with Crippen molar-refractivity contribution in [2.75, 3.05) is 7.11 Å². The summed E-state index contributed by atoms with van der Waals surface area (Å²) in [7, 11) is 1.42. The molecule has 2 atom stereocenters. The standard InChI is InChI=1S/C21H21N3O3/c1-14-7-8-19-22-17(10-20(25)24(19)11-14)13-23-12-16-6-4-3-5-15(16)9-18(23)21(26)27-2/h3-8,10-11,18H,9,12-13H2,1-2H3/p+1/t18-/m0/s1. The second kappa shape index (κ2) is 6.96. The maximum absolute atomic E-state index is 12.5. The van der Waals surface area contributed by atoms with Gasteiger partial charge in [-0.3, -0.25) is 9.20 Å². The van der Waals surface area contributed by atoms with Gasteiger partial charge in [-0.2, -0.15) is 0 Å². The lowest BCUT2D eigenvalue weighted by molar-refractivity contribution is -0.946. The molecule has 0 bridgehead atoms. The van der Waals surface area contributed by atoms with Crippen LogP contribution in [0.2, 0.25) is 0 Å². The molecule has 1 aliphatic rings. The largest absolute Gasteiger partial charge is 0.465 e. The van der Waals surface area contributed by atoms with Crippen LogP contribution in [0.25, 0.3) is 5.65 Å². The van der Waals surface area contributed by atoms with Crippen LogP contribution in [0.3, 0.4) is 0 Å². The average Bonchev–Trinajstić information content (AvgIpc) is 2.67. The number of nitrogens with one attached hydrogen (secondary N) is 1. The Bertz CT molecular complexity index is 1070. The minimum atomic E-state index is -0.303. The summed E-state index contributed by atoms with van der Waals surface area (Å²) in [5.41, 5.74) is 4.61. The van der Waals surface area contributed by atoms with E-state index in [9.17, 15) is 9.59 Å². The number of pyridine rings is 1. The predicted molar refractivity (Wildman–Crippen MR) is 101 cm³/mol. The Hall–Kier alpha value is -2.99. The Balaban J connectivity index is 1.69. The Morgan fingerprint density at radius 2 is 2.04 bits per heavy atom. The Labute approximate surface area is 157 Å². The van der Waals surface area contributed by atoms with Crippen molar-refractivity contribution < 1.29 is 14.4 Å². The zero-order chi connectivity index (χ0) is 19.0. The first-order valence-electron chi connectivity index (χ1n) is 9.03. The molecule has 1 unspecified atom stereocenters.